The molecule has 0 aliphatic heterocycles. The molecule has 0 bridgehead atoms. The first kappa shape index (κ1) is 24.9. The summed E-state index contributed by atoms with van der Waals surface area (Å²) < 4.78 is 61.3. The van der Waals surface area contributed by atoms with Gasteiger partial charge < -0.3 is 10.1 Å². The number of methoxy groups -OCH3 is 1. The van der Waals surface area contributed by atoms with Gasteiger partial charge in [-0.15, -0.1) is 0 Å². The monoisotopic (exact) mass is 508 g/mol. The lowest BCUT2D eigenvalue weighted by Gasteiger charge is -2.26. The third-order valence-corrected chi connectivity index (χ3v) is 7.19. The van der Waals surface area contributed by atoms with Gasteiger partial charge in [0.25, 0.3) is 15.9 Å². The predicted octanol–water partition coefficient (Wildman–Crippen LogP) is 5.62. The lowest BCUT2D eigenvalue weighted by Crippen LogP contribution is -2.32. The first-order valence-corrected chi connectivity index (χ1v) is 12.3. The molecule has 0 unspecified atom stereocenters. The molecule has 4 rings (SSSR count). The van der Waals surface area contributed by atoms with Crippen LogP contribution in [0.2, 0.25) is 0 Å². The van der Waals surface area contributed by atoms with Gasteiger partial charge in [0.2, 0.25) is 0 Å². The van der Waals surface area contributed by atoms with Gasteiger partial charge in [-0.2, -0.15) is 0 Å². The molecule has 1 N–H and O–H groups in total. The quantitative estimate of drug-likeness (QED) is 0.335. The summed E-state index contributed by atoms with van der Waals surface area (Å²) in [5.41, 5.74) is 0.546. The summed E-state index contributed by atoms with van der Waals surface area (Å²) in [5.74, 6) is -2.00. The average molecular weight is 509 g/mol. The number of hydrogen-bond acceptors (Lipinski definition) is 4. The Balaban J connectivity index is 1.78. The largest absolute Gasteiger partial charge is 0.497 e. The minimum absolute atomic E-state index is 0.000906. The number of hydrogen-bond donors (Lipinski definition) is 1. The van der Waals surface area contributed by atoms with Gasteiger partial charge in [-0.1, -0.05) is 42.5 Å². The molecule has 1 amide bonds. The smallest absolute Gasteiger partial charge is 0.264 e. The highest BCUT2D eigenvalue weighted by Crippen LogP contribution is 2.31. The van der Waals surface area contributed by atoms with Crippen LogP contribution in [0.3, 0.4) is 0 Å². The van der Waals surface area contributed by atoms with Gasteiger partial charge in [0.05, 0.1) is 35.5 Å². The summed E-state index contributed by atoms with van der Waals surface area (Å²) in [6, 6.07) is 23.7. The van der Waals surface area contributed by atoms with Crippen LogP contribution in [0.15, 0.2) is 102 Å². The Morgan fingerprint density at radius 1 is 0.889 bits per heavy atom. The Labute approximate surface area is 207 Å². The molecule has 0 aliphatic rings. The van der Waals surface area contributed by atoms with Crippen molar-refractivity contribution >= 4 is 27.3 Å². The fourth-order valence-corrected chi connectivity index (χ4v) is 5.06. The number of rotatable bonds is 8. The molecule has 0 radical (unpaired) electrons. The van der Waals surface area contributed by atoms with E-state index in [-0.39, 0.29) is 28.4 Å². The van der Waals surface area contributed by atoms with E-state index >= 15 is 0 Å². The SMILES string of the molecule is COc1ccc(S(=O)(=O)N(Cc2ccccc2)c2ccccc2C(=O)Nc2ccc(F)cc2F)cc1. The minimum atomic E-state index is -4.15. The van der Waals surface area contributed by atoms with Crippen molar-refractivity contribution in [2.45, 2.75) is 11.4 Å². The molecule has 0 aromatic heterocycles. The van der Waals surface area contributed by atoms with Crippen LogP contribution in [0.5, 0.6) is 5.75 Å². The van der Waals surface area contributed by atoms with E-state index in [1.165, 1.54) is 43.5 Å². The summed E-state index contributed by atoms with van der Waals surface area (Å²) in [6.07, 6.45) is 0. The molecule has 184 valence electrons. The van der Waals surface area contributed by atoms with Gasteiger partial charge in [-0.3, -0.25) is 9.10 Å². The Bertz CT molecular complexity index is 1480. The second-order valence-electron chi connectivity index (χ2n) is 7.77. The van der Waals surface area contributed by atoms with E-state index in [1.807, 2.05) is 6.07 Å². The molecule has 36 heavy (non-hydrogen) atoms. The first-order valence-electron chi connectivity index (χ1n) is 10.9. The van der Waals surface area contributed by atoms with Crippen LogP contribution in [0.1, 0.15) is 15.9 Å². The van der Waals surface area contributed by atoms with E-state index in [2.05, 4.69) is 5.32 Å². The van der Waals surface area contributed by atoms with Crippen LogP contribution in [0.4, 0.5) is 20.2 Å². The van der Waals surface area contributed by atoms with Gasteiger partial charge in [0.1, 0.15) is 17.4 Å². The van der Waals surface area contributed by atoms with E-state index in [9.17, 15) is 22.0 Å². The normalized spacial score (nSPS) is 11.1. The Hall–Kier alpha value is -4.24. The van der Waals surface area contributed by atoms with Crippen molar-refractivity contribution in [3.63, 3.8) is 0 Å². The molecule has 0 heterocycles. The van der Waals surface area contributed by atoms with Crippen molar-refractivity contribution in [3.8, 4) is 5.75 Å². The van der Waals surface area contributed by atoms with Crippen molar-refractivity contribution in [3.05, 3.63) is 120 Å². The molecule has 0 spiro atoms. The highest BCUT2D eigenvalue weighted by molar-refractivity contribution is 7.92. The molecule has 4 aromatic rings. The van der Waals surface area contributed by atoms with Crippen LogP contribution >= 0.6 is 0 Å². The van der Waals surface area contributed by atoms with Gasteiger partial charge in [-0.05, 0) is 54.1 Å². The Morgan fingerprint density at radius 2 is 1.56 bits per heavy atom. The highest BCUT2D eigenvalue weighted by atomic mass is 32.2. The third-order valence-electron chi connectivity index (χ3n) is 5.41. The third kappa shape index (κ3) is 5.36. The topological polar surface area (TPSA) is 75.7 Å². The maximum atomic E-state index is 14.2. The molecular formula is C27H22F2N2O4S. The van der Waals surface area contributed by atoms with E-state index in [1.54, 1.807) is 36.4 Å². The van der Waals surface area contributed by atoms with E-state index in [0.29, 0.717) is 17.4 Å². The summed E-state index contributed by atoms with van der Waals surface area (Å²) >= 11 is 0. The number of ether oxygens (including phenoxy) is 1. The molecule has 9 heteroatoms. The van der Waals surface area contributed by atoms with Crippen LogP contribution in [0, 0.1) is 11.6 Å². The molecular weight excluding hydrogens is 486 g/mol. The zero-order chi connectivity index (χ0) is 25.7. The molecule has 0 saturated heterocycles. The maximum absolute atomic E-state index is 14.2. The summed E-state index contributed by atoms with van der Waals surface area (Å²) in [6.45, 7) is -0.0651. The van der Waals surface area contributed by atoms with Gasteiger partial charge >= 0.3 is 0 Å². The van der Waals surface area contributed by atoms with Crippen LogP contribution in [-0.2, 0) is 16.6 Å². The number of carbonyl (C=O) groups is 1. The zero-order valence-electron chi connectivity index (χ0n) is 19.2. The van der Waals surface area contributed by atoms with Gasteiger partial charge in [0.15, 0.2) is 0 Å². The maximum Gasteiger partial charge on any atom is 0.264 e. The van der Waals surface area contributed by atoms with Crippen molar-refractivity contribution in [2.75, 3.05) is 16.7 Å². The summed E-state index contributed by atoms with van der Waals surface area (Å²) in [7, 11) is -2.67. The van der Waals surface area contributed by atoms with Gasteiger partial charge in [0, 0.05) is 6.07 Å². The van der Waals surface area contributed by atoms with Gasteiger partial charge in [-0.25, -0.2) is 17.2 Å². The van der Waals surface area contributed by atoms with E-state index in [4.69, 9.17) is 4.74 Å². The first-order chi connectivity index (χ1) is 17.3. The second kappa shape index (κ2) is 10.6. The fraction of sp³-hybridized carbons (Fsp3) is 0.0741. The second-order valence-corrected chi connectivity index (χ2v) is 9.63. The molecule has 0 saturated carbocycles. The number of carbonyl (C=O) groups excluding carboxylic acids is 1. The number of anilines is 2. The number of amides is 1. The van der Waals surface area contributed by atoms with Crippen molar-refractivity contribution in [1.29, 1.82) is 0 Å². The standard InChI is InChI=1S/C27H22F2N2O4S/c1-35-21-12-14-22(15-13-21)36(33,34)31(18-19-7-3-2-4-8-19)26-10-6-5-9-23(26)27(32)30-25-16-11-20(28)17-24(25)29/h2-17H,18H2,1H3,(H,30,32). The van der Waals surface area contributed by atoms with Crippen LogP contribution in [-0.4, -0.2) is 21.4 Å². The van der Waals surface area contributed by atoms with E-state index < -0.39 is 27.6 Å². The number of sulfonamides is 1. The number of benzene rings is 4. The average Bonchev–Trinajstić information content (AvgIpc) is 2.89. The molecule has 0 aliphatic carbocycles. The molecule has 6 nitrogen and oxygen atoms in total. The van der Waals surface area contributed by atoms with Crippen molar-refractivity contribution < 1.29 is 26.7 Å². The Morgan fingerprint density at radius 3 is 2.22 bits per heavy atom. The highest BCUT2D eigenvalue weighted by Gasteiger charge is 2.29. The van der Waals surface area contributed by atoms with Crippen LogP contribution < -0.4 is 14.4 Å². The molecule has 0 atom stereocenters. The summed E-state index contributed by atoms with van der Waals surface area (Å²) in [5, 5.41) is 2.40. The lowest BCUT2D eigenvalue weighted by atomic mass is 10.1. The Kier molecular flexibility index (Phi) is 7.30. The molecule has 4 aromatic carbocycles. The minimum Gasteiger partial charge on any atom is -0.497 e. The number of halogens is 2. The number of para-hydroxylation sites is 1. The number of nitrogens with one attached hydrogen (secondary N) is 1. The van der Waals surface area contributed by atoms with Crippen LogP contribution in [0.25, 0.3) is 0 Å². The van der Waals surface area contributed by atoms with E-state index in [0.717, 1.165) is 16.4 Å². The lowest BCUT2D eigenvalue weighted by molar-refractivity contribution is 0.102. The summed E-state index contributed by atoms with van der Waals surface area (Å²) in [4.78, 5) is 13.2. The van der Waals surface area contributed by atoms with Crippen molar-refractivity contribution in [2.24, 2.45) is 0 Å². The molecule has 0 fully saturated rings. The predicted molar refractivity (Wildman–Crippen MR) is 134 cm³/mol. The van der Waals surface area contributed by atoms with Crippen molar-refractivity contribution in [1.82, 2.24) is 0 Å². The fourth-order valence-electron chi connectivity index (χ4n) is 3.59. The number of nitrogens with zero attached hydrogens (tertiary/aromatic N) is 1. The zero-order valence-corrected chi connectivity index (χ0v) is 20.0.